The number of carbonyl (C=O) groups excluding carboxylic acids is 1. The van der Waals surface area contributed by atoms with Gasteiger partial charge in [0.15, 0.2) is 11.5 Å². The molecule has 5 heteroatoms. The van der Waals surface area contributed by atoms with Gasteiger partial charge in [-0.25, -0.2) is 5.01 Å². The Bertz CT molecular complexity index is 526. The van der Waals surface area contributed by atoms with E-state index in [0.717, 1.165) is 29.9 Å². The topological polar surface area (TPSA) is 50.8 Å². The van der Waals surface area contributed by atoms with Crippen LogP contribution in [0.1, 0.15) is 43.7 Å². The van der Waals surface area contributed by atoms with Crippen molar-refractivity contribution in [2.45, 2.75) is 44.2 Å². The molecule has 1 aromatic carbocycles. The number of nitrogens with zero attached hydrogens (tertiary/aromatic N) is 1. The molecule has 3 rings (SSSR count). The van der Waals surface area contributed by atoms with Crippen molar-refractivity contribution in [2.24, 2.45) is 0 Å². The molecule has 0 bridgehead atoms. The Morgan fingerprint density at radius 3 is 2.62 bits per heavy atom. The van der Waals surface area contributed by atoms with Crippen LogP contribution in [0.3, 0.4) is 0 Å². The van der Waals surface area contributed by atoms with Crippen LogP contribution in [0.2, 0.25) is 0 Å². The quantitative estimate of drug-likeness (QED) is 0.925. The van der Waals surface area contributed by atoms with Crippen LogP contribution in [0, 0.1) is 0 Å². The third-order valence-corrected chi connectivity index (χ3v) is 4.32. The van der Waals surface area contributed by atoms with Crippen molar-refractivity contribution in [1.82, 2.24) is 10.4 Å². The fraction of sp³-hybridized carbons (Fsp3) is 0.562. The maximum absolute atomic E-state index is 11.5. The minimum atomic E-state index is 0.0503. The van der Waals surface area contributed by atoms with Crippen LogP contribution in [-0.4, -0.2) is 31.2 Å². The number of nitrogens with one attached hydrogen (secondary N) is 1. The van der Waals surface area contributed by atoms with Crippen molar-refractivity contribution in [3.05, 3.63) is 23.8 Å². The van der Waals surface area contributed by atoms with E-state index in [-0.39, 0.29) is 18.1 Å². The van der Waals surface area contributed by atoms with Crippen molar-refractivity contribution in [1.29, 1.82) is 0 Å². The average Bonchev–Trinajstić information content (AvgIpc) is 3.08. The fourth-order valence-corrected chi connectivity index (χ4v) is 3.15. The van der Waals surface area contributed by atoms with E-state index in [9.17, 15) is 4.79 Å². The summed E-state index contributed by atoms with van der Waals surface area (Å²) in [6, 6.07) is 5.99. The Labute approximate surface area is 125 Å². The molecule has 1 aliphatic heterocycles. The molecule has 1 heterocycles. The number of methoxy groups -OCH3 is 1. The number of hydrogen-bond acceptors (Lipinski definition) is 4. The first-order valence-electron chi connectivity index (χ1n) is 7.54. The van der Waals surface area contributed by atoms with Gasteiger partial charge in [0.05, 0.1) is 19.3 Å². The number of hydrogen-bond donors (Lipinski definition) is 1. The molecule has 1 unspecified atom stereocenters. The Kier molecular flexibility index (Phi) is 4.01. The summed E-state index contributed by atoms with van der Waals surface area (Å²) in [6.45, 7) is 0. The lowest BCUT2D eigenvalue weighted by molar-refractivity contribution is -0.120. The summed E-state index contributed by atoms with van der Waals surface area (Å²) in [7, 11) is 3.54. The van der Waals surface area contributed by atoms with Crippen molar-refractivity contribution in [3.8, 4) is 11.5 Å². The highest BCUT2D eigenvalue weighted by atomic mass is 16.5. The molecule has 1 saturated carbocycles. The van der Waals surface area contributed by atoms with Crippen LogP contribution >= 0.6 is 0 Å². The highest BCUT2D eigenvalue weighted by molar-refractivity contribution is 5.78. The van der Waals surface area contributed by atoms with Crippen LogP contribution in [0.25, 0.3) is 0 Å². The Morgan fingerprint density at radius 2 is 2.00 bits per heavy atom. The van der Waals surface area contributed by atoms with Crippen molar-refractivity contribution >= 4 is 5.91 Å². The minimum Gasteiger partial charge on any atom is -0.493 e. The summed E-state index contributed by atoms with van der Waals surface area (Å²) in [5.74, 6) is 1.59. The summed E-state index contributed by atoms with van der Waals surface area (Å²) in [6.07, 6.45) is 5.45. The molecule has 1 amide bonds. The van der Waals surface area contributed by atoms with E-state index in [1.807, 2.05) is 30.3 Å². The molecular weight excluding hydrogens is 268 g/mol. The summed E-state index contributed by atoms with van der Waals surface area (Å²) in [5, 5.41) is 1.85. The van der Waals surface area contributed by atoms with E-state index in [0.29, 0.717) is 6.42 Å². The van der Waals surface area contributed by atoms with Crippen LogP contribution < -0.4 is 14.9 Å². The second-order valence-corrected chi connectivity index (χ2v) is 5.80. The van der Waals surface area contributed by atoms with Crippen LogP contribution in [0.5, 0.6) is 11.5 Å². The van der Waals surface area contributed by atoms with Gasteiger partial charge in [-0.05, 0) is 43.4 Å². The Hall–Kier alpha value is -1.75. The molecule has 5 nitrogen and oxygen atoms in total. The molecule has 114 valence electrons. The van der Waals surface area contributed by atoms with Crippen molar-refractivity contribution in [3.63, 3.8) is 0 Å². The summed E-state index contributed by atoms with van der Waals surface area (Å²) in [4.78, 5) is 11.5. The summed E-state index contributed by atoms with van der Waals surface area (Å²) in [5.41, 5.74) is 3.88. The Morgan fingerprint density at radius 1 is 1.24 bits per heavy atom. The highest BCUT2D eigenvalue weighted by Gasteiger charge is 2.29. The van der Waals surface area contributed by atoms with Gasteiger partial charge in [0.2, 0.25) is 5.91 Å². The normalized spacial score (nSPS) is 23.3. The van der Waals surface area contributed by atoms with E-state index < -0.39 is 0 Å². The Balaban J connectivity index is 1.83. The van der Waals surface area contributed by atoms with Gasteiger partial charge in [-0.3, -0.25) is 10.2 Å². The molecule has 21 heavy (non-hydrogen) atoms. The first kappa shape index (κ1) is 14.2. The second kappa shape index (κ2) is 5.93. The molecule has 1 saturated heterocycles. The van der Waals surface area contributed by atoms with E-state index >= 15 is 0 Å². The van der Waals surface area contributed by atoms with Gasteiger partial charge in [0.1, 0.15) is 0 Å². The number of rotatable bonds is 4. The van der Waals surface area contributed by atoms with Gasteiger partial charge < -0.3 is 9.47 Å². The predicted octanol–water partition coefficient (Wildman–Crippen LogP) is 2.42. The zero-order valence-electron chi connectivity index (χ0n) is 12.6. The first-order valence-corrected chi connectivity index (χ1v) is 7.54. The monoisotopic (exact) mass is 290 g/mol. The fourth-order valence-electron chi connectivity index (χ4n) is 3.15. The standard InChI is InChI=1S/C16H22N2O3/c1-18-13(10-16(19)17-18)11-7-8-14(20-2)15(9-11)21-12-5-3-4-6-12/h7-9,12-13H,3-6,10H2,1-2H3,(H,17,19). The van der Waals surface area contributed by atoms with Gasteiger partial charge in [-0.2, -0.15) is 0 Å². The van der Waals surface area contributed by atoms with E-state index in [2.05, 4.69) is 5.43 Å². The summed E-state index contributed by atoms with van der Waals surface area (Å²) < 4.78 is 11.5. The SMILES string of the molecule is COc1ccc(C2CC(=O)NN2C)cc1OC1CCCC1. The zero-order chi connectivity index (χ0) is 14.8. The van der Waals surface area contributed by atoms with Gasteiger partial charge in [-0.1, -0.05) is 6.07 Å². The van der Waals surface area contributed by atoms with Gasteiger partial charge in [-0.15, -0.1) is 0 Å². The molecule has 2 fully saturated rings. The lowest BCUT2D eigenvalue weighted by Crippen LogP contribution is -2.30. The zero-order valence-corrected chi connectivity index (χ0v) is 12.6. The molecule has 0 radical (unpaired) electrons. The molecule has 1 atom stereocenters. The molecule has 1 N–H and O–H groups in total. The average molecular weight is 290 g/mol. The number of ether oxygens (including phenoxy) is 2. The summed E-state index contributed by atoms with van der Waals surface area (Å²) >= 11 is 0. The van der Waals surface area contributed by atoms with E-state index in [4.69, 9.17) is 9.47 Å². The smallest absolute Gasteiger partial charge is 0.236 e. The number of amides is 1. The van der Waals surface area contributed by atoms with Gasteiger partial charge >= 0.3 is 0 Å². The van der Waals surface area contributed by atoms with Crippen LogP contribution in [-0.2, 0) is 4.79 Å². The van der Waals surface area contributed by atoms with E-state index in [1.54, 1.807) is 7.11 Å². The molecule has 0 aromatic heterocycles. The number of benzene rings is 1. The molecule has 2 aliphatic rings. The first-order chi connectivity index (χ1) is 10.2. The molecule has 0 spiro atoms. The molecule has 1 aromatic rings. The molecular formula is C16H22N2O3. The van der Waals surface area contributed by atoms with Crippen molar-refractivity contribution < 1.29 is 14.3 Å². The van der Waals surface area contributed by atoms with Gasteiger partial charge in [0, 0.05) is 13.5 Å². The predicted molar refractivity (Wildman–Crippen MR) is 79.1 cm³/mol. The van der Waals surface area contributed by atoms with Crippen LogP contribution in [0.4, 0.5) is 0 Å². The third kappa shape index (κ3) is 2.97. The van der Waals surface area contributed by atoms with Crippen LogP contribution in [0.15, 0.2) is 18.2 Å². The highest BCUT2D eigenvalue weighted by Crippen LogP contribution is 2.36. The maximum Gasteiger partial charge on any atom is 0.236 e. The van der Waals surface area contributed by atoms with Gasteiger partial charge in [0.25, 0.3) is 0 Å². The lowest BCUT2D eigenvalue weighted by Gasteiger charge is -2.21. The maximum atomic E-state index is 11.5. The van der Waals surface area contributed by atoms with E-state index in [1.165, 1.54) is 12.8 Å². The minimum absolute atomic E-state index is 0.0503. The van der Waals surface area contributed by atoms with Crippen molar-refractivity contribution in [2.75, 3.05) is 14.2 Å². The lowest BCUT2D eigenvalue weighted by atomic mass is 10.0. The molecule has 1 aliphatic carbocycles. The number of hydrazine groups is 1. The third-order valence-electron chi connectivity index (χ3n) is 4.32. The second-order valence-electron chi connectivity index (χ2n) is 5.80. The largest absolute Gasteiger partial charge is 0.493 e. The number of carbonyl (C=O) groups is 1.